The molecule has 2 heterocycles. The van der Waals surface area contributed by atoms with Crippen LogP contribution in [0.5, 0.6) is 0 Å². The summed E-state index contributed by atoms with van der Waals surface area (Å²) in [5.74, 6) is 0.213. The van der Waals surface area contributed by atoms with Crippen molar-refractivity contribution < 1.29 is 13.2 Å². The van der Waals surface area contributed by atoms with Gasteiger partial charge in [0, 0.05) is 17.8 Å². The first-order valence-corrected chi connectivity index (χ1v) is 11.6. The maximum absolute atomic E-state index is 12.4. The van der Waals surface area contributed by atoms with Crippen LogP contribution in [0.15, 0.2) is 0 Å². The lowest BCUT2D eigenvalue weighted by Crippen LogP contribution is -2.48. The largest absolute Gasteiger partial charge is 0.337 e. The van der Waals surface area contributed by atoms with Gasteiger partial charge in [0.1, 0.15) is 5.54 Å². The lowest BCUT2D eigenvalue weighted by molar-refractivity contribution is -0.123. The van der Waals surface area contributed by atoms with Crippen molar-refractivity contribution in [3.63, 3.8) is 0 Å². The molecule has 1 aliphatic carbocycles. The molecule has 1 amide bonds. The van der Waals surface area contributed by atoms with Crippen molar-refractivity contribution in [1.29, 1.82) is 5.26 Å². The molecule has 1 aliphatic heterocycles. The van der Waals surface area contributed by atoms with Crippen LogP contribution >= 0.6 is 0 Å². The van der Waals surface area contributed by atoms with Crippen LogP contribution in [0.1, 0.15) is 55.1 Å². The number of hydrogen-bond acceptors (Lipinski definition) is 6. The van der Waals surface area contributed by atoms with Gasteiger partial charge in [0.25, 0.3) is 0 Å². The molecule has 1 aromatic rings. The van der Waals surface area contributed by atoms with E-state index in [0.717, 1.165) is 29.8 Å². The lowest BCUT2D eigenvalue weighted by Gasteiger charge is -2.24. The van der Waals surface area contributed by atoms with Crippen LogP contribution in [0, 0.1) is 25.2 Å². The Bertz CT molecular complexity index is 893. The van der Waals surface area contributed by atoms with Crippen LogP contribution in [-0.4, -0.2) is 59.6 Å². The summed E-state index contributed by atoms with van der Waals surface area (Å²) in [5.41, 5.74) is 2.13. The van der Waals surface area contributed by atoms with E-state index < -0.39 is 15.4 Å². The standard InChI is InChI=1S/C19H29N5O3S/c1-14-17(15(2)24(22-14)16-6-9-28(26,27)12-16)10-23(3)11-18(25)21-19(13-20)7-4-5-8-19/h16H,4-12H2,1-3H3,(H,21,25)/t16-/m1/s1. The maximum atomic E-state index is 12.4. The van der Waals surface area contributed by atoms with E-state index in [0.29, 0.717) is 25.8 Å². The van der Waals surface area contributed by atoms with E-state index in [1.54, 1.807) is 0 Å². The fraction of sp³-hybridized carbons (Fsp3) is 0.737. The van der Waals surface area contributed by atoms with E-state index in [9.17, 15) is 18.5 Å². The number of rotatable bonds is 6. The molecule has 1 saturated heterocycles. The molecule has 0 aromatic carbocycles. The zero-order chi connectivity index (χ0) is 20.5. The van der Waals surface area contributed by atoms with E-state index in [2.05, 4.69) is 16.5 Å². The molecule has 28 heavy (non-hydrogen) atoms. The van der Waals surface area contributed by atoms with Crippen molar-refractivity contribution in [1.82, 2.24) is 20.0 Å². The highest BCUT2D eigenvalue weighted by Crippen LogP contribution is 2.29. The van der Waals surface area contributed by atoms with Crippen LogP contribution in [0.25, 0.3) is 0 Å². The van der Waals surface area contributed by atoms with Crippen LogP contribution < -0.4 is 5.32 Å². The highest BCUT2D eigenvalue weighted by molar-refractivity contribution is 7.91. The number of carbonyl (C=O) groups excluding carboxylic acids is 1. The maximum Gasteiger partial charge on any atom is 0.235 e. The summed E-state index contributed by atoms with van der Waals surface area (Å²) in [6.07, 6.45) is 3.97. The molecule has 2 fully saturated rings. The monoisotopic (exact) mass is 407 g/mol. The van der Waals surface area contributed by atoms with Gasteiger partial charge in [-0.3, -0.25) is 14.4 Å². The Morgan fingerprint density at radius 3 is 2.64 bits per heavy atom. The highest BCUT2D eigenvalue weighted by Gasteiger charge is 2.35. The van der Waals surface area contributed by atoms with Crippen LogP contribution in [0.4, 0.5) is 0 Å². The summed E-state index contributed by atoms with van der Waals surface area (Å²) in [6, 6.07) is 2.17. The summed E-state index contributed by atoms with van der Waals surface area (Å²) < 4.78 is 25.4. The Morgan fingerprint density at radius 2 is 2.07 bits per heavy atom. The van der Waals surface area contributed by atoms with Crippen LogP contribution in [0.2, 0.25) is 0 Å². The zero-order valence-electron chi connectivity index (χ0n) is 16.9. The van der Waals surface area contributed by atoms with Gasteiger partial charge in [0.2, 0.25) is 5.91 Å². The van der Waals surface area contributed by atoms with E-state index in [1.807, 2.05) is 30.5 Å². The van der Waals surface area contributed by atoms with Crippen molar-refractivity contribution in [3.05, 3.63) is 17.0 Å². The first-order chi connectivity index (χ1) is 13.1. The molecular weight excluding hydrogens is 378 g/mol. The molecule has 9 heteroatoms. The summed E-state index contributed by atoms with van der Waals surface area (Å²) >= 11 is 0. The van der Waals surface area contributed by atoms with Gasteiger partial charge in [0.05, 0.1) is 35.9 Å². The Labute approximate surface area is 166 Å². The molecule has 8 nitrogen and oxygen atoms in total. The molecule has 0 spiro atoms. The number of nitrogens with one attached hydrogen (secondary N) is 1. The number of carbonyl (C=O) groups is 1. The van der Waals surface area contributed by atoms with E-state index in [1.165, 1.54) is 0 Å². The third-order valence-corrected chi connectivity index (χ3v) is 7.67. The van der Waals surface area contributed by atoms with Crippen molar-refractivity contribution in [2.45, 2.75) is 64.1 Å². The normalized spacial score (nSPS) is 23.0. The molecular formula is C19H29N5O3S. The minimum atomic E-state index is -2.97. The molecule has 1 saturated carbocycles. The number of nitriles is 1. The molecule has 154 valence electrons. The van der Waals surface area contributed by atoms with Crippen molar-refractivity contribution in [2.75, 3.05) is 25.1 Å². The molecule has 1 N–H and O–H groups in total. The number of aromatic nitrogens is 2. The van der Waals surface area contributed by atoms with E-state index >= 15 is 0 Å². The molecule has 0 radical (unpaired) electrons. The Hall–Kier alpha value is -1.92. The summed E-state index contributed by atoms with van der Waals surface area (Å²) in [6.45, 7) is 4.62. The third kappa shape index (κ3) is 4.39. The third-order valence-electron chi connectivity index (χ3n) is 5.92. The van der Waals surface area contributed by atoms with Gasteiger partial charge in [-0.1, -0.05) is 0 Å². The number of sulfone groups is 1. The minimum Gasteiger partial charge on any atom is -0.337 e. The van der Waals surface area contributed by atoms with Gasteiger partial charge >= 0.3 is 0 Å². The zero-order valence-corrected chi connectivity index (χ0v) is 17.7. The van der Waals surface area contributed by atoms with Crippen molar-refractivity contribution in [3.8, 4) is 6.07 Å². The fourth-order valence-electron chi connectivity index (χ4n) is 4.37. The number of likely N-dealkylation sites (N-methyl/N-ethyl adjacent to an activating group) is 1. The van der Waals surface area contributed by atoms with Crippen LogP contribution in [-0.2, 0) is 21.2 Å². The topological polar surface area (TPSA) is 108 Å². The molecule has 0 unspecified atom stereocenters. The summed E-state index contributed by atoms with van der Waals surface area (Å²) in [4.78, 5) is 14.3. The SMILES string of the molecule is Cc1nn([C@@H]2CCS(=O)(=O)C2)c(C)c1CN(C)CC(=O)NC1(C#N)CCCC1. The summed E-state index contributed by atoms with van der Waals surface area (Å²) in [7, 11) is -1.11. The average Bonchev–Trinajstić information content (AvgIpc) is 3.29. The number of aryl methyl sites for hydroxylation is 1. The predicted octanol–water partition coefficient (Wildman–Crippen LogP) is 1.24. The number of amides is 1. The van der Waals surface area contributed by atoms with Gasteiger partial charge in [-0.2, -0.15) is 10.4 Å². The quantitative estimate of drug-likeness (QED) is 0.760. The average molecular weight is 408 g/mol. The van der Waals surface area contributed by atoms with Crippen LogP contribution in [0.3, 0.4) is 0 Å². The second kappa shape index (κ2) is 7.84. The predicted molar refractivity (Wildman–Crippen MR) is 105 cm³/mol. The first kappa shape index (κ1) is 20.8. The molecule has 2 aliphatic rings. The lowest BCUT2D eigenvalue weighted by atomic mass is 10.00. The number of nitrogens with zero attached hydrogens (tertiary/aromatic N) is 4. The summed E-state index contributed by atoms with van der Waals surface area (Å²) in [5, 5.41) is 16.9. The van der Waals surface area contributed by atoms with Gasteiger partial charge in [0.15, 0.2) is 9.84 Å². The first-order valence-electron chi connectivity index (χ1n) is 9.80. The smallest absolute Gasteiger partial charge is 0.235 e. The number of hydrogen-bond donors (Lipinski definition) is 1. The molecule has 1 aromatic heterocycles. The molecule has 1 atom stereocenters. The van der Waals surface area contributed by atoms with Gasteiger partial charge in [-0.15, -0.1) is 0 Å². The van der Waals surface area contributed by atoms with E-state index in [4.69, 9.17) is 0 Å². The minimum absolute atomic E-state index is 0.107. The Balaban J connectivity index is 1.63. The highest BCUT2D eigenvalue weighted by atomic mass is 32.2. The fourth-order valence-corrected chi connectivity index (χ4v) is 6.06. The van der Waals surface area contributed by atoms with Gasteiger partial charge in [-0.25, -0.2) is 8.42 Å². The van der Waals surface area contributed by atoms with Gasteiger partial charge in [-0.05, 0) is 53.0 Å². The Kier molecular flexibility index (Phi) is 5.82. The van der Waals surface area contributed by atoms with Crippen molar-refractivity contribution >= 4 is 15.7 Å². The second-order valence-corrected chi connectivity index (χ2v) is 10.5. The second-order valence-electron chi connectivity index (χ2n) is 8.27. The van der Waals surface area contributed by atoms with Crippen molar-refractivity contribution in [2.24, 2.45) is 0 Å². The molecule has 3 rings (SSSR count). The van der Waals surface area contributed by atoms with Gasteiger partial charge < -0.3 is 5.32 Å². The van der Waals surface area contributed by atoms with E-state index in [-0.39, 0.29) is 30.0 Å². The molecule has 0 bridgehead atoms. The Morgan fingerprint density at radius 1 is 1.39 bits per heavy atom.